The van der Waals surface area contributed by atoms with E-state index in [9.17, 15) is 0 Å². The third-order valence-electron chi connectivity index (χ3n) is 4.34. The van der Waals surface area contributed by atoms with Crippen LogP contribution in [0.15, 0.2) is 24.3 Å². The molecule has 0 atom stereocenters. The number of rotatable bonds is 5. The molecule has 2 N–H and O–H groups in total. The summed E-state index contributed by atoms with van der Waals surface area (Å²) >= 11 is 0. The van der Waals surface area contributed by atoms with Gasteiger partial charge in [0.25, 0.3) is 0 Å². The molecule has 2 heteroatoms. The van der Waals surface area contributed by atoms with Crippen LogP contribution in [0, 0.1) is 27.7 Å². The number of nitrogens with two attached hydrogens (primary N) is 1. The number of aromatic nitrogens is 1. The lowest BCUT2D eigenvalue weighted by molar-refractivity contribution is 0.670. The molecule has 0 unspecified atom stereocenters. The number of hydrogen-bond donors (Lipinski definition) is 1. The Balaban J connectivity index is 2.19. The van der Waals surface area contributed by atoms with Crippen LogP contribution >= 0.6 is 0 Å². The van der Waals surface area contributed by atoms with Crippen molar-refractivity contribution in [3.8, 4) is 0 Å². The van der Waals surface area contributed by atoms with Crippen LogP contribution in [0.1, 0.15) is 33.6 Å². The van der Waals surface area contributed by atoms with E-state index < -0.39 is 0 Å². The van der Waals surface area contributed by atoms with Gasteiger partial charge in [-0.2, -0.15) is 0 Å². The molecule has 0 aliphatic heterocycles. The molecule has 2 rings (SSSR count). The average molecular weight is 270 g/mol. The van der Waals surface area contributed by atoms with E-state index in [1.165, 1.54) is 33.6 Å². The summed E-state index contributed by atoms with van der Waals surface area (Å²) in [5, 5.41) is 0. The Bertz CT molecular complexity index is 594. The Morgan fingerprint density at radius 2 is 1.75 bits per heavy atom. The van der Waals surface area contributed by atoms with Gasteiger partial charge in [-0.15, -0.1) is 0 Å². The zero-order valence-corrected chi connectivity index (χ0v) is 13.2. The van der Waals surface area contributed by atoms with Gasteiger partial charge in [-0.05, 0) is 57.2 Å². The standard InChI is InChI=1S/C18H26N2/c1-13-6-5-7-17(12-13)8-9-18-14(2)15(3)20(11-10-19)16(18)4/h5-7,12H,8-11,19H2,1-4H3. The van der Waals surface area contributed by atoms with Crippen LogP contribution in [-0.2, 0) is 19.4 Å². The smallest absolute Gasteiger partial charge is 0.0347 e. The average Bonchev–Trinajstić information content (AvgIpc) is 2.62. The fourth-order valence-electron chi connectivity index (χ4n) is 3.08. The fraction of sp³-hybridized carbons (Fsp3) is 0.444. The van der Waals surface area contributed by atoms with E-state index >= 15 is 0 Å². The first kappa shape index (κ1) is 14.9. The zero-order valence-electron chi connectivity index (χ0n) is 13.2. The molecule has 2 nitrogen and oxygen atoms in total. The van der Waals surface area contributed by atoms with Crippen molar-refractivity contribution >= 4 is 0 Å². The number of benzene rings is 1. The van der Waals surface area contributed by atoms with Crippen LogP contribution in [0.2, 0.25) is 0 Å². The van der Waals surface area contributed by atoms with Crippen molar-refractivity contribution in [2.24, 2.45) is 5.73 Å². The van der Waals surface area contributed by atoms with Gasteiger partial charge in [0.2, 0.25) is 0 Å². The highest BCUT2D eigenvalue weighted by Gasteiger charge is 2.13. The summed E-state index contributed by atoms with van der Waals surface area (Å²) in [6, 6.07) is 8.81. The Morgan fingerprint density at radius 1 is 1.00 bits per heavy atom. The van der Waals surface area contributed by atoms with Gasteiger partial charge in [0.1, 0.15) is 0 Å². The third-order valence-corrected chi connectivity index (χ3v) is 4.34. The lowest BCUT2D eigenvalue weighted by atomic mass is 10.0. The molecule has 0 spiro atoms. The van der Waals surface area contributed by atoms with Crippen LogP contribution in [0.4, 0.5) is 0 Å². The molecule has 0 amide bonds. The van der Waals surface area contributed by atoms with E-state index in [0.717, 1.165) is 19.4 Å². The number of nitrogens with zero attached hydrogens (tertiary/aromatic N) is 1. The molecule has 0 aliphatic rings. The van der Waals surface area contributed by atoms with Gasteiger partial charge >= 0.3 is 0 Å². The van der Waals surface area contributed by atoms with Gasteiger partial charge in [0.15, 0.2) is 0 Å². The Hall–Kier alpha value is -1.54. The van der Waals surface area contributed by atoms with Gasteiger partial charge in [0, 0.05) is 24.5 Å². The largest absolute Gasteiger partial charge is 0.347 e. The van der Waals surface area contributed by atoms with E-state index in [1.54, 1.807) is 0 Å². The summed E-state index contributed by atoms with van der Waals surface area (Å²) < 4.78 is 2.36. The lowest BCUT2D eigenvalue weighted by Crippen LogP contribution is -2.12. The molecule has 0 aliphatic carbocycles. The molecule has 0 radical (unpaired) electrons. The molecule has 1 aromatic heterocycles. The van der Waals surface area contributed by atoms with Crippen LogP contribution < -0.4 is 5.73 Å². The lowest BCUT2D eigenvalue weighted by Gasteiger charge is -2.08. The normalized spacial score (nSPS) is 11.1. The molecule has 0 fully saturated rings. The van der Waals surface area contributed by atoms with Gasteiger partial charge in [-0.3, -0.25) is 0 Å². The van der Waals surface area contributed by atoms with Crippen LogP contribution in [0.5, 0.6) is 0 Å². The van der Waals surface area contributed by atoms with Gasteiger partial charge in [-0.25, -0.2) is 0 Å². The maximum Gasteiger partial charge on any atom is 0.0347 e. The number of hydrogen-bond acceptors (Lipinski definition) is 1. The van der Waals surface area contributed by atoms with Crippen molar-refractivity contribution < 1.29 is 0 Å². The monoisotopic (exact) mass is 270 g/mol. The van der Waals surface area contributed by atoms with Crippen LogP contribution in [0.3, 0.4) is 0 Å². The molecular weight excluding hydrogens is 244 g/mol. The predicted molar refractivity (Wildman–Crippen MR) is 86.3 cm³/mol. The quantitative estimate of drug-likeness (QED) is 0.886. The molecule has 108 valence electrons. The topological polar surface area (TPSA) is 30.9 Å². The minimum atomic E-state index is 0.702. The fourth-order valence-corrected chi connectivity index (χ4v) is 3.08. The first-order valence-electron chi connectivity index (χ1n) is 7.45. The van der Waals surface area contributed by atoms with E-state index in [4.69, 9.17) is 5.73 Å². The minimum Gasteiger partial charge on any atom is -0.347 e. The van der Waals surface area contributed by atoms with Crippen molar-refractivity contribution in [3.05, 3.63) is 57.9 Å². The van der Waals surface area contributed by atoms with Crippen molar-refractivity contribution in [1.29, 1.82) is 0 Å². The molecule has 0 saturated carbocycles. The van der Waals surface area contributed by atoms with Crippen molar-refractivity contribution in [1.82, 2.24) is 4.57 Å². The SMILES string of the molecule is Cc1cccc(CCc2c(C)c(C)n(CCN)c2C)c1. The summed E-state index contributed by atoms with van der Waals surface area (Å²) in [5.74, 6) is 0. The Morgan fingerprint density at radius 3 is 2.40 bits per heavy atom. The van der Waals surface area contributed by atoms with E-state index in [2.05, 4.69) is 56.5 Å². The third kappa shape index (κ3) is 2.96. The van der Waals surface area contributed by atoms with E-state index in [1.807, 2.05) is 0 Å². The first-order valence-corrected chi connectivity index (χ1v) is 7.45. The summed E-state index contributed by atoms with van der Waals surface area (Å²) in [4.78, 5) is 0. The maximum atomic E-state index is 5.72. The maximum absolute atomic E-state index is 5.72. The van der Waals surface area contributed by atoms with Gasteiger partial charge < -0.3 is 10.3 Å². The summed E-state index contributed by atoms with van der Waals surface area (Å²) in [7, 11) is 0. The van der Waals surface area contributed by atoms with Gasteiger partial charge in [0.05, 0.1) is 0 Å². The minimum absolute atomic E-state index is 0.702. The van der Waals surface area contributed by atoms with Gasteiger partial charge in [-0.1, -0.05) is 29.8 Å². The van der Waals surface area contributed by atoms with Crippen LogP contribution in [0.25, 0.3) is 0 Å². The zero-order chi connectivity index (χ0) is 14.7. The second-order valence-corrected chi connectivity index (χ2v) is 5.70. The molecule has 0 saturated heterocycles. The molecular formula is C18H26N2. The summed E-state index contributed by atoms with van der Waals surface area (Å²) in [6.07, 6.45) is 2.22. The Labute approximate surface area is 122 Å². The molecule has 0 bridgehead atoms. The molecule has 2 aromatic rings. The molecule has 1 heterocycles. The van der Waals surface area contributed by atoms with E-state index in [-0.39, 0.29) is 0 Å². The highest BCUT2D eigenvalue weighted by molar-refractivity contribution is 5.37. The highest BCUT2D eigenvalue weighted by atomic mass is 15.0. The van der Waals surface area contributed by atoms with Crippen molar-refractivity contribution in [3.63, 3.8) is 0 Å². The summed E-state index contributed by atoms with van der Waals surface area (Å²) in [6.45, 7) is 10.4. The second-order valence-electron chi connectivity index (χ2n) is 5.70. The summed E-state index contributed by atoms with van der Waals surface area (Å²) in [5.41, 5.74) is 14.2. The highest BCUT2D eigenvalue weighted by Crippen LogP contribution is 2.23. The molecule has 20 heavy (non-hydrogen) atoms. The first-order chi connectivity index (χ1) is 9.54. The molecule has 1 aromatic carbocycles. The van der Waals surface area contributed by atoms with Crippen molar-refractivity contribution in [2.75, 3.05) is 6.54 Å². The van der Waals surface area contributed by atoms with E-state index in [0.29, 0.717) is 6.54 Å². The second kappa shape index (κ2) is 6.27. The van der Waals surface area contributed by atoms with Crippen LogP contribution in [-0.4, -0.2) is 11.1 Å². The number of aryl methyl sites for hydroxylation is 2. The predicted octanol–water partition coefficient (Wildman–Crippen LogP) is 3.47. The Kier molecular flexibility index (Phi) is 4.66. The van der Waals surface area contributed by atoms with Crippen molar-refractivity contribution in [2.45, 2.75) is 47.1 Å².